The Morgan fingerprint density at radius 1 is 1.32 bits per heavy atom. The molecule has 0 aromatic carbocycles. The number of hydrogen-bond donors (Lipinski definition) is 0. The van der Waals surface area contributed by atoms with Crippen LogP contribution in [0.4, 0.5) is 0 Å². The van der Waals surface area contributed by atoms with Crippen molar-refractivity contribution < 1.29 is 9.47 Å². The average molecular weight is 282 g/mol. The highest BCUT2D eigenvalue weighted by molar-refractivity contribution is 7.09. The van der Waals surface area contributed by atoms with E-state index < -0.39 is 6.29 Å². The smallest absolute Gasteiger partial charge is 0.204 e. The third kappa shape index (κ3) is 3.82. The van der Waals surface area contributed by atoms with Gasteiger partial charge in [0.1, 0.15) is 10.7 Å². The van der Waals surface area contributed by atoms with Gasteiger partial charge < -0.3 is 9.47 Å². The molecule has 2 heterocycles. The van der Waals surface area contributed by atoms with Gasteiger partial charge in [-0.25, -0.2) is 9.67 Å². The van der Waals surface area contributed by atoms with Crippen molar-refractivity contribution in [2.75, 3.05) is 13.2 Å². The van der Waals surface area contributed by atoms with E-state index in [1.807, 2.05) is 32.3 Å². The minimum Gasteiger partial charge on any atom is -0.347 e. The van der Waals surface area contributed by atoms with Crippen molar-refractivity contribution in [2.45, 2.75) is 33.6 Å². The molecular weight excluding hydrogens is 264 g/mol. The highest BCUT2D eigenvalue weighted by Gasteiger charge is 2.15. The van der Waals surface area contributed by atoms with Crippen molar-refractivity contribution in [2.24, 2.45) is 0 Å². The number of hydrogen-bond acceptors (Lipinski definition) is 6. The zero-order valence-electron chi connectivity index (χ0n) is 11.4. The van der Waals surface area contributed by atoms with Gasteiger partial charge in [-0.2, -0.15) is 0 Å². The van der Waals surface area contributed by atoms with Gasteiger partial charge in [0, 0.05) is 24.3 Å². The van der Waals surface area contributed by atoms with Gasteiger partial charge in [-0.1, -0.05) is 5.21 Å². The van der Waals surface area contributed by atoms with Gasteiger partial charge in [0.2, 0.25) is 6.29 Å². The maximum absolute atomic E-state index is 5.49. The Kier molecular flexibility index (Phi) is 5.00. The molecule has 0 atom stereocenters. The molecule has 0 saturated carbocycles. The summed E-state index contributed by atoms with van der Waals surface area (Å²) in [6.07, 6.45) is 1.40. The zero-order valence-corrected chi connectivity index (χ0v) is 12.2. The van der Waals surface area contributed by atoms with Crippen molar-refractivity contribution in [1.82, 2.24) is 20.0 Å². The van der Waals surface area contributed by atoms with Crippen LogP contribution < -0.4 is 0 Å². The minimum absolute atomic E-state index is 0.443. The Morgan fingerprint density at radius 2 is 2.05 bits per heavy atom. The largest absolute Gasteiger partial charge is 0.347 e. The van der Waals surface area contributed by atoms with Crippen molar-refractivity contribution in [3.05, 3.63) is 28.0 Å². The second-order valence-corrected chi connectivity index (χ2v) is 4.91. The lowest BCUT2D eigenvalue weighted by Crippen LogP contribution is -2.09. The van der Waals surface area contributed by atoms with Crippen molar-refractivity contribution >= 4 is 11.3 Å². The van der Waals surface area contributed by atoms with E-state index >= 15 is 0 Å². The molecule has 6 nitrogen and oxygen atoms in total. The Labute approximate surface area is 116 Å². The maximum atomic E-state index is 5.49. The van der Waals surface area contributed by atoms with E-state index in [2.05, 4.69) is 15.3 Å². The van der Waals surface area contributed by atoms with Gasteiger partial charge in [-0.05, 0) is 20.8 Å². The molecule has 0 fully saturated rings. The second kappa shape index (κ2) is 6.74. The van der Waals surface area contributed by atoms with Gasteiger partial charge >= 0.3 is 0 Å². The first kappa shape index (κ1) is 14.1. The van der Waals surface area contributed by atoms with Crippen LogP contribution in [-0.2, 0) is 16.0 Å². The summed E-state index contributed by atoms with van der Waals surface area (Å²) in [5.74, 6) is 0. The monoisotopic (exact) mass is 282 g/mol. The Balaban J connectivity index is 2.04. The first-order valence-corrected chi connectivity index (χ1v) is 7.15. The molecule has 2 aromatic heterocycles. The molecule has 104 valence electrons. The van der Waals surface area contributed by atoms with Crippen LogP contribution in [0.15, 0.2) is 11.6 Å². The van der Waals surface area contributed by atoms with Crippen LogP contribution in [0.2, 0.25) is 0 Å². The molecule has 0 saturated heterocycles. The lowest BCUT2D eigenvalue weighted by atomic mass is 10.4. The van der Waals surface area contributed by atoms with Crippen LogP contribution in [-0.4, -0.2) is 33.2 Å². The van der Waals surface area contributed by atoms with E-state index in [1.165, 1.54) is 0 Å². The van der Waals surface area contributed by atoms with Gasteiger partial charge in [0.05, 0.1) is 12.7 Å². The first-order chi connectivity index (χ1) is 9.22. The summed E-state index contributed by atoms with van der Waals surface area (Å²) in [5.41, 5.74) is 1.72. The average Bonchev–Trinajstić information content (AvgIpc) is 2.99. The van der Waals surface area contributed by atoms with E-state index in [1.54, 1.807) is 16.0 Å². The lowest BCUT2D eigenvalue weighted by Gasteiger charge is -2.13. The highest BCUT2D eigenvalue weighted by Crippen LogP contribution is 2.17. The number of ether oxygens (including phenoxy) is 2. The lowest BCUT2D eigenvalue weighted by molar-refractivity contribution is -0.142. The molecule has 2 rings (SSSR count). The molecule has 0 unspecified atom stereocenters. The summed E-state index contributed by atoms with van der Waals surface area (Å²) >= 11 is 1.62. The summed E-state index contributed by atoms with van der Waals surface area (Å²) in [5, 5.41) is 11.2. The molecule has 19 heavy (non-hydrogen) atoms. The number of aryl methyl sites for hydroxylation is 1. The fraction of sp³-hybridized carbons (Fsp3) is 0.583. The number of aromatic nitrogens is 4. The summed E-state index contributed by atoms with van der Waals surface area (Å²) in [6.45, 7) is 7.60. The van der Waals surface area contributed by atoms with Crippen molar-refractivity contribution in [3.8, 4) is 0 Å². The van der Waals surface area contributed by atoms with E-state index in [4.69, 9.17) is 9.47 Å². The van der Waals surface area contributed by atoms with Crippen LogP contribution >= 0.6 is 11.3 Å². The Bertz CT molecular complexity index is 505. The van der Waals surface area contributed by atoms with Gasteiger partial charge in [0.15, 0.2) is 0 Å². The van der Waals surface area contributed by atoms with E-state index in [-0.39, 0.29) is 0 Å². The highest BCUT2D eigenvalue weighted by atomic mass is 32.1. The topological polar surface area (TPSA) is 62.1 Å². The molecule has 0 spiro atoms. The zero-order chi connectivity index (χ0) is 13.7. The molecule has 0 radical (unpaired) electrons. The molecular formula is C12H18N4O2S. The standard InChI is InChI=1S/C12H18N4O2S/c1-4-17-12(18-5-2)10-6-16(15-14-10)7-11-13-9(3)8-19-11/h6,8,12H,4-5,7H2,1-3H3. The van der Waals surface area contributed by atoms with Crippen LogP contribution in [0.3, 0.4) is 0 Å². The molecule has 0 N–H and O–H groups in total. The summed E-state index contributed by atoms with van der Waals surface area (Å²) in [6, 6.07) is 0. The first-order valence-electron chi connectivity index (χ1n) is 6.27. The number of nitrogens with zero attached hydrogens (tertiary/aromatic N) is 4. The SMILES string of the molecule is CCOC(OCC)c1cn(Cc2nc(C)cs2)nn1. The molecule has 0 aliphatic carbocycles. The molecule has 0 aliphatic heterocycles. The predicted octanol–water partition coefficient (Wildman–Crippen LogP) is 2.16. The Morgan fingerprint density at radius 3 is 2.63 bits per heavy atom. The summed E-state index contributed by atoms with van der Waals surface area (Å²) in [4.78, 5) is 4.40. The third-order valence-electron chi connectivity index (χ3n) is 2.40. The second-order valence-electron chi connectivity index (χ2n) is 3.97. The van der Waals surface area contributed by atoms with Crippen molar-refractivity contribution in [1.29, 1.82) is 0 Å². The van der Waals surface area contributed by atoms with E-state index in [0.717, 1.165) is 10.7 Å². The molecule has 0 amide bonds. The van der Waals surface area contributed by atoms with Crippen molar-refractivity contribution in [3.63, 3.8) is 0 Å². The van der Waals surface area contributed by atoms with Crippen LogP contribution in [0.1, 0.15) is 36.5 Å². The maximum Gasteiger partial charge on any atom is 0.204 e. The van der Waals surface area contributed by atoms with Crippen LogP contribution in [0, 0.1) is 6.92 Å². The molecule has 0 bridgehead atoms. The summed E-state index contributed by atoms with van der Waals surface area (Å²) in [7, 11) is 0. The van der Waals surface area contributed by atoms with E-state index in [0.29, 0.717) is 25.5 Å². The predicted molar refractivity (Wildman–Crippen MR) is 72.0 cm³/mol. The normalized spacial score (nSPS) is 11.4. The van der Waals surface area contributed by atoms with Gasteiger partial charge in [0.25, 0.3) is 0 Å². The van der Waals surface area contributed by atoms with Crippen LogP contribution in [0.5, 0.6) is 0 Å². The fourth-order valence-corrected chi connectivity index (χ4v) is 2.40. The molecule has 7 heteroatoms. The number of thiazole rings is 1. The minimum atomic E-state index is -0.443. The summed E-state index contributed by atoms with van der Waals surface area (Å²) < 4.78 is 12.7. The van der Waals surface area contributed by atoms with E-state index in [9.17, 15) is 0 Å². The fourth-order valence-electron chi connectivity index (χ4n) is 1.63. The third-order valence-corrected chi connectivity index (χ3v) is 3.35. The van der Waals surface area contributed by atoms with Gasteiger partial charge in [-0.15, -0.1) is 16.4 Å². The van der Waals surface area contributed by atoms with Crippen LogP contribution in [0.25, 0.3) is 0 Å². The van der Waals surface area contributed by atoms with Gasteiger partial charge in [-0.3, -0.25) is 0 Å². The quantitative estimate of drug-likeness (QED) is 0.728. The molecule has 2 aromatic rings. The molecule has 0 aliphatic rings. The Hall–Kier alpha value is -1.31. The number of rotatable bonds is 7.